The number of hydrogen-bond acceptors (Lipinski definition) is 4. The Labute approximate surface area is 87.0 Å². The largest absolute Gasteiger partial charge is 0.374 e. The molecule has 0 aliphatic carbocycles. The summed E-state index contributed by atoms with van der Waals surface area (Å²) in [6.07, 6.45) is 8.69. The second-order valence-corrected chi connectivity index (χ2v) is 3.75. The lowest BCUT2D eigenvalue weighted by Crippen LogP contribution is -2.29. The number of nitrogens with zero attached hydrogens (tertiary/aromatic N) is 4. The maximum absolute atomic E-state index is 9.73. The van der Waals surface area contributed by atoms with Gasteiger partial charge in [-0.2, -0.15) is 0 Å². The zero-order valence-corrected chi connectivity index (χ0v) is 8.24. The van der Waals surface area contributed by atoms with Crippen LogP contribution in [-0.2, 0) is 0 Å². The van der Waals surface area contributed by atoms with E-state index in [1.54, 1.807) is 12.4 Å². The number of rotatable bonds is 1. The third-order valence-corrected chi connectivity index (χ3v) is 2.78. The average molecular weight is 204 g/mol. The fraction of sp³-hybridized carbons (Fsp3) is 0.400. The quantitative estimate of drug-likeness (QED) is 0.741. The number of aliphatic hydroxyl groups excluding tert-OH is 1. The molecule has 15 heavy (non-hydrogen) atoms. The minimum Gasteiger partial charge on any atom is -0.374 e. The predicted molar refractivity (Wildman–Crippen MR) is 55.6 cm³/mol. The molecule has 0 radical (unpaired) electrons. The Bertz CT molecular complexity index is 481. The van der Waals surface area contributed by atoms with Gasteiger partial charge in [0.2, 0.25) is 0 Å². The molecule has 1 unspecified atom stereocenters. The molecule has 1 saturated heterocycles. The molecule has 1 aliphatic heterocycles. The van der Waals surface area contributed by atoms with Gasteiger partial charge in [0.1, 0.15) is 12.0 Å². The summed E-state index contributed by atoms with van der Waals surface area (Å²) in [7, 11) is 0. The monoisotopic (exact) mass is 204 g/mol. The maximum atomic E-state index is 9.73. The molecule has 78 valence electrons. The van der Waals surface area contributed by atoms with Crippen LogP contribution < -0.4 is 4.90 Å². The molecular formula is C10H12N4O. The Balaban J connectivity index is 2.03. The van der Waals surface area contributed by atoms with E-state index in [2.05, 4.69) is 9.97 Å². The molecule has 3 rings (SSSR count). The van der Waals surface area contributed by atoms with Gasteiger partial charge in [-0.3, -0.25) is 0 Å². The van der Waals surface area contributed by atoms with Gasteiger partial charge in [0.05, 0.1) is 12.4 Å². The van der Waals surface area contributed by atoms with Gasteiger partial charge in [-0.15, -0.1) is 0 Å². The van der Waals surface area contributed by atoms with Gasteiger partial charge >= 0.3 is 0 Å². The van der Waals surface area contributed by atoms with Crippen molar-refractivity contribution in [2.24, 2.45) is 0 Å². The van der Waals surface area contributed by atoms with Crippen LogP contribution in [0.3, 0.4) is 0 Å². The van der Waals surface area contributed by atoms with Crippen LogP contribution in [0.1, 0.15) is 12.8 Å². The van der Waals surface area contributed by atoms with Crippen LogP contribution in [0, 0.1) is 0 Å². The zero-order valence-electron chi connectivity index (χ0n) is 8.24. The topological polar surface area (TPSA) is 53.7 Å². The van der Waals surface area contributed by atoms with Crippen molar-refractivity contribution < 1.29 is 5.11 Å². The van der Waals surface area contributed by atoms with Gasteiger partial charge in [-0.1, -0.05) is 0 Å². The van der Waals surface area contributed by atoms with Crippen molar-refractivity contribution in [2.75, 3.05) is 11.4 Å². The summed E-state index contributed by atoms with van der Waals surface area (Å²) in [6.45, 7) is 0.869. The molecule has 1 atom stereocenters. The molecule has 5 heteroatoms. The number of hydrogen-bond donors (Lipinski definition) is 1. The molecule has 1 aliphatic rings. The molecule has 2 aromatic heterocycles. The molecule has 3 heterocycles. The van der Waals surface area contributed by atoms with E-state index >= 15 is 0 Å². The highest BCUT2D eigenvalue weighted by Gasteiger charge is 2.23. The number of imidazole rings is 1. The number of aromatic nitrogens is 3. The van der Waals surface area contributed by atoms with Crippen LogP contribution >= 0.6 is 0 Å². The average Bonchev–Trinajstić information content (AvgIpc) is 2.84. The van der Waals surface area contributed by atoms with Gasteiger partial charge < -0.3 is 14.4 Å². The van der Waals surface area contributed by atoms with Crippen LogP contribution in [-0.4, -0.2) is 32.2 Å². The van der Waals surface area contributed by atoms with Crippen molar-refractivity contribution in [1.29, 1.82) is 0 Å². The molecule has 0 aromatic carbocycles. The van der Waals surface area contributed by atoms with Crippen molar-refractivity contribution in [3.63, 3.8) is 0 Å². The van der Waals surface area contributed by atoms with Crippen molar-refractivity contribution in [1.82, 2.24) is 14.4 Å². The number of aliphatic hydroxyl groups is 1. The van der Waals surface area contributed by atoms with Crippen LogP contribution in [0.5, 0.6) is 0 Å². The molecule has 0 saturated carbocycles. The number of anilines is 1. The Hall–Kier alpha value is -1.62. The van der Waals surface area contributed by atoms with Crippen LogP contribution in [0.2, 0.25) is 0 Å². The summed E-state index contributed by atoms with van der Waals surface area (Å²) in [4.78, 5) is 10.3. The summed E-state index contributed by atoms with van der Waals surface area (Å²) in [6, 6.07) is 0. The lowest BCUT2D eigenvalue weighted by Gasteiger charge is -2.20. The van der Waals surface area contributed by atoms with Gasteiger partial charge in [0.25, 0.3) is 0 Å². The highest BCUT2D eigenvalue weighted by molar-refractivity contribution is 5.45. The minimum atomic E-state index is -0.390. The summed E-state index contributed by atoms with van der Waals surface area (Å²) >= 11 is 0. The van der Waals surface area contributed by atoms with E-state index < -0.39 is 6.23 Å². The first kappa shape index (κ1) is 8.67. The van der Waals surface area contributed by atoms with E-state index in [-0.39, 0.29) is 0 Å². The zero-order chi connectivity index (χ0) is 10.3. The van der Waals surface area contributed by atoms with E-state index in [0.29, 0.717) is 0 Å². The Morgan fingerprint density at radius 1 is 1.40 bits per heavy atom. The smallest absolute Gasteiger partial charge is 0.155 e. The van der Waals surface area contributed by atoms with Gasteiger partial charge in [0.15, 0.2) is 5.65 Å². The molecule has 2 aromatic rings. The molecule has 5 nitrogen and oxygen atoms in total. The Kier molecular flexibility index (Phi) is 1.85. The van der Waals surface area contributed by atoms with Crippen LogP contribution in [0.4, 0.5) is 5.82 Å². The van der Waals surface area contributed by atoms with E-state index in [1.807, 2.05) is 21.7 Å². The first-order valence-corrected chi connectivity index (χ1v) is 5.08. The first-order valence-electron chi connectivity index (χ1n) is 5.08. The third kappa shape index (κ3) is 1.35. The Morgan fingerprint density at radius 3 is 3.13 bits per heavy atom. The summed E-state index contributed by atoms with van der Waals surface area (Å²) in [5.41, 5.74) is 0.826. The van der Waals surface area contributed by atoms with Gasteiger partial charge in [-0.25, -0.2) is 9.97 Å². The summed E-state index contributed by atoms with van der Waals surface area (Å²) < 4.78 is 1.91. The van der Waals surface area contributed by atoms with E-state index in [4.69, 9.17) is 0 Å². The number of fused-ring (bicyclic) bond motifs is 1. The van der Waals surface area contributed by atoms with E-state index in [9.17, 15) is 5.11 Å². The highest BCUT2D eigenvalue weighted by Crippen LogP contribution is 2.21. The standard InChI is InChI=1S/C10H12N4O/c15-10-2-1-4-14(10)9-7-13-5-3-11-8(13)6-12-9/h3,5-7,10,15H,1-2,4H2. The summed E-state index contributed by atoms with van der Waals surface area (Å²) in [5, 5.41) is 9.73. The van der Waals surface area contributed by atoms with Crippen LogP contribution in [0.15, 0.2) is 24.8 Å². The van der Waals surface area contributed by atoms with E-state index in [1.165, 1.54) is 0 Å². The Morgan fingerprint density at radius 2 is 2.33 bits per heavy atom. The molecular weight excluding hydrogens is 192 g/mol. The third-order valence-electron chi connectivity index (χ3n) is 2.78. The van der Waals surface area contributed by atoms with Crippen molar-refractivity contribution in [2.45, 2.75) is 19.1 Å². The fourth-order valence-electron chi connectivity index (χ4n) is 1.98. The molecule has 0 bridgehead atoms. The predicted octanol–water partition coefficient (Wildman–Crippen LogP) is 0.648. The second-order valence-electron chi connectivity index (χ2n) is 3.75. The molecule has 0 spiro atoms. The molecule has 0 amide bonds. The summed E-state index contributed by atoms with van der Waals surface area (Å²) in [5.74, 6) is 0.811. The lowest BCUT2D eigenvalue weighted by molar-refractivity contribution is 0.185. The van der Waals surface area contributed by atoms with Crippen molar-refractivity contribution in [3.05, 3.63) is 24.8 Å². The molecule has 1 fully saturated rings. The first-order chi connectivity index (χ1) is 7.34. The molecule has 1 N–H and O–H groups in total. The van der Waals surface area contributed by atoms with Crippen molar-refractivity contribution in [3.8, 4) is 0 Å². The van der Waals surface area contributed by atoms with Gasteiger partial charge in [0, 0.05) is 18.9 Å². The maximum Gasteiger partial charge on any atom is 0.155 e. The SMILES string of the molecule is OC1CCCN1c1cn2ccnc2cn1. The minimum absolute atomic E-state index is 0.390. The van der Waals surface area contributed by atoms with Crippen molar-refractivity contribution >= 4 is 11.5 Å². The highest BCUT2D eigenvalue weighted by atomic mass is 16.3. The fourth-order valence-corrected chi connectivity index (χ4v) is 1.98. The van der Waals surface area contributed by atoms with Crippen LogP contribution in [0.25, 0.3) is 5.65 Å². The lowest BCUT2D eigenvalue weighted by atomic mass is 10.4. The second kappa shape index (κ2) is 3.20. The normalized spacial score (nSPS) is 21.4. The van der Waals surface area contributed by atoms with E-state index in [0.717, 1.165) is 30.9 Å². The van der Waals surface area contributed by atoms with Gasteiger partial charge in [-0.05, 0) is 12.8 Å².